The van der Waals surface area contributed by atoms with Gasteiger partial charge in [0.2, 0.25) is 10.0 Å². The minimum Gasteiger partial charge on any atom is -0.506 e. The second kappa shape index (κ2) is 4.69. The Kier molecular flexibility index (Phi) is 3.74. The maximum atomic E-state index is 11.0. The first-order valence-electron chi connectivity index (χ1n) is 4.09. The van der Waals surface area contributed by atoms with Crippen LogP contribution in [-0.2, 0) is 10.0 Å². The molecule has 1 aromatic rings. The molecule has 0 bridgehead atoms. The fraction of sp³-hybridized carbons (Fsp3) is 0.125. The molecule has 0 fully saturated rings. The van der Waals surface area contributed by atoms with Crippen LogP contribution in [0.1, 0.15) is 0 Å². The van der Waals surface area contributed by atoms with Crippen LogP contribution in [0.15, 0.2) is 28.1 Å². The number of phenols is 1. The number of aromatic hydroxyl groups is 1. The summed E-state index contributed by atoms with van der Waals surface area (Å²) in [4.78, 5) is 3.58. The van der Waals surface area contributed by atoms with Gasteiger partial charge in [-0.1, -0.05) is 0 Å². The Morgan fingerprint density at radius 3 is 2.56 bits per heavy atom. The summed E-state index contributed by atoms with van der Waals surface area (Å²) >= 11 is 5.40. The van der Waals surface area contributed by atoms with Crippen molar-refractivity contribution in [3.05, 3.63) is 18.2 Å². The number of rotatable bonds is 3. The zero-order valence-electron chi connectivity index (χ0n) is 8.09. The Labute approximate surface area is 97.6 Å². The smallest absolute Gasteiger partial charge is 0.238 e. The van der Waals surface area contributed by atoms with Crippen molar-refractivity contribution in [2.24, 2.45) is 15.9 Å². The maximum Gasteiger partial charge on any atom is 0.238 e. The highest BCUT2D eigenvalue weighted by atomic mass is 35.5. The normalized spacial score (nSPS) is 12.8. The maximum absolute atomic E-state index is 11.0. The van der Waals surface area contributed by atoms with E-state index in [-0.39, 0.29) is 28.0 Å². The summed E-state index contributed by atoms with van der Waals surface area (Å²) in [7, 11) is -3.84. The molecule has 1 aromatic carbocycles. The molecule has 0 spiro atoms. The van der Waals surface area contributed by atoms with Gasteiger partial charge in [0.05, 0.1) is 10.8 Å². The van der Waals surface area contributed by atoms with E-state index in [4.69, 9.17) is 22.5 Å². The van der Waals surface area contributed by atoms with E-state index in [1.54, 1.807) is 0 Å². The van der Waals surface area contributed by atoms with Gasteiger partial charge in [-0.25, -0.2) is 18.5 Å². The van der Waals surface area contributed by atoms with Gasteiger partial charge in [0, 0.05) is 6.07 Å². The van der Waals surface area contributed by atoms with Crippen LogP contribution in [0.2, 0.25) is 0 Å². The Hall–Kier alpha value is -1.31. The highest BCUT2D eigenvalue weighted by Gasteiger charge is 2.10. The number of halogens is 1. The van der Waals surface area contributed by atoms with E-state index in [1.807, 2.05) is 0 Å². The van der Waals surface area contributed by atoms with Gasteiger partial charge in [0.15, 0.2) is 0 Å². The van der Waals surface area contributed by atoms with Gasteiger partial charge >= 0.3 is 0 Å². The second-order valence-electron chi connectivity index (χ2n) is 2.93. The number of nitrogens with two attached hydrogens (primary N) is 2. The molecule has 0 aromatic heterocycles. The van der Waals surface area contributed by atoms with Crippen LogP contribution in [0.5, 0.6) is 5.75 Å². The first kappa shape index (κ1) is 12.8. The molecule has 0 unspecified atom stereocenters. The Balaban J connectivity index is 3.21. The van der Waals surface area contributed by atoms with Crippen molar-refractivity contribution in [3.63, 3.8) is 0 Å². The van der Waals surface area contributed by atoms with Gasteiger partial charge in [-0.2, -0.15) is 0 Å². The van der Waals surface area contributed by atoms with Crippen molar-refractivity contribution in [3.8, 4) is 5.75 Å². The van der Waals surface area contributed by atoms with Crippen LogP contribution >= 0.6 is 11.6 Å². The summed E-state index contributed by atoms with van der Waals surface area (Å²) in [5.74, 6) is -0.212. The Morgan fingerprint density at radius 2 is 2.12 bits per heavy atom. The monoisotopic (exact) mass is 263 g/mol. The third-order valence-corrected chi connectivity index (χ3v) is 2.86. The number of hydrogen-bond donors (Lipinski definition) is 3. The topological polar surface area (TPSA) is 119 Å². The number of sulfonamides is 1. The van der Waals surface area contributed by atoms with Crippen LogP contribution < -0.4 is 10.9 Å². The molecule has 0 amide bonds. The lowest BCUT2D eigenvalue weighted by molar-refractivity contribution is 0.474. The van der Waals surface area contributed by atoms with Gasteiger partial charge in [0.25, 0.3) is 0 Å². The van der Waals surface area contributed by atoms with Crippen LogP contribution in [0, 0.1) is 0 Å². The first-order valence-corrected chi connectivity index (χ1v) is 6.17. The summed E-state index contributed by atoms with van der Waals surface area (Å²) in [6.45, 7) is 0. The van der Waals surface area contributed by atoms with Gasteiger partial charge in [-0.3, -0.25) is 0 Å². The molecule has 0 saturated carbocycles. The van der Waals surface area contributed by atoms with Crippen LogP contribution in [-0.4, -0.2) is 25.2 Å². The van der Waals surface area contributed by atoms with E-state index in [1.165, 1.54) is 12.1 Å². The molecule has 0 radical (unpaired) electrons. The highest BCUT2D eigenvalue weighted by molar-refractivity contribution is 7.89. The van der Waals surface area contributed by atoms with Gasteiger partial charge in [-0.15, -0.1) is 11.6 Å². The highest BCUT2D eigenvalue weighted by Crippen LogP contribution is 2.28. The number of phenolic OH excluding ortho intramolecular Hbond substituents is 1. The molecule has 6 nitrogen and oxygen atoms in total. The standard InChI is InChI=1S/C8H10ClN3O3S/c9-4-8(10)12-6-2-1-5(3-7(6)13)16(11,14)15/h1-3,13H,4H2,(H2,10,12)(H2,11,14,15). The predicted molar refractivity (Wildman–Crippen MR) is 61.5 cm³/mol. The lowest BCUT2D eigenvalue weighted by Crippen LogP contribution is -2.13. The molecule has 0 aliphatic heterocycles. The predicted octanol–water partition coefficient (Wildman–Crippen LogP) is 0.267. The molecular weight excluding hydrogens is 254 g/mol. The molecule has 0 heterocycles. The number of aliphatic imine (C=N–C) groups is 1. The van der Waals surface area contributed by atoms with E-state index in [2.05, 4.69) is 4.99 Å². The summed E-state index contributed by atoms with van der Waals surface area (Å²) in [5.41, 5.74) is 5.49. The number of alkyl halides is 1. The van der Waals surface area contributed by atoms with Gasteiger partial charge in [0.1, 0.15) is 17.3 Å². The summed E-state index contributed by atoms with van der Waals surface area (Å²) in [6, 6.07) is 3.50. The zero-order chi connectivity index (χ0) is 12.3. The molecule has 16 heavy (non-hydrogen) atoms. The molecule has 0 atom stereocenters. The van der Waals surface area contributed by atoms with Crippen molar-refractivity contribution >= 4 is 33.1 Å². The molecule has 0 saturated heterocycles. The second-order valence-corrected chi connectivity index (χ2v) is 4.76. The Bertz CT molecular complexity index is 527. The first-order chi connectivity index (χ1) is 7.34. The summed E-state index contributed by atoms with van der Waals surface area (Å²) < 4.78 is 21.9. The summed E-state index contributed by atoms with van der Waals surface area (Å²) in [6.07, 6.45) is 0. The van der Waals surface area contributed by atoms with E-state index >= 15 is 0 Å². The van der Waals surface area contributed by atoms with Crippen LogP contribution in [0.4, 0.5) is 5.69 Å². The largest absolute Gasteiger partial charge is 0.506 e. The van der Waals surface area contributed by atoms with Gasteiger partial charge < -0.3 is 10.8 Å². The Morgan fingerprint density at radius 1 is 1.50 bits per heavy atom. The molecule has 0 aliphatic rings. The molecule has 5 N–H and O–H groups in total. The lowest BCUT2D eigenvalue weighted by Gasteiger charge is -2.03. The van der Waals surface area contributed by atoms with E-state index < -0.39 is 10.0 Å². The minimum atomic E-state index is -3.84. The van der Waals surface area contributed by atoms with Gasteiger partial charge in [-0.05, 0) is 12.1 Å². The average Bonchev–Trinajstić information content (AvgIpc) is 2.19. The van der Waals surface area contributed by atoms with Crippen molar-refractivity contribution in [1.29, 1.82) is 0 Å². The van der Waals surface area contributed by atoms with Crippen LogP contribution in [0.3, 0.4) is 0 Å². The third kappa shape index (κ3) is 3.09. The number of amidine groups is 1. The number of primary sulfonamides is 1. The third-order valence-electron chi connectivity index (χ3n) is 1.68. The SMILES string of the molecule is NC(CCl)=Nc1ccc(S(N)(=O)=O)cc1O. The number of nitrogens with zero attached hydrogens (tertiary/aromatic N) is 1. The minimum absolute atomic E-state index is 0.0103. The van der Waals surface area contributed by atoms with Crippen molar-refractivity contribution in [1.82, 2.24) is 0 Å². The molecule has 8 heteroatoms. The van der Waals surface area contributed by atoms with Crippen LogP contribution in [0.25, 0.3) is 0 Å². The van der Waals surface area contributed by atoms with E-state index in [9.17, 15) is 13.5 Å². The number of hydrogen-bond acceptors (Lipinski definition) is 4. The molecule has 1 rings (SSSR count). The molecule has 0 aliphatic carbocycles. The van der Waals surface area contributed by atoms with E-state index in [0.29, 0.717) is 0 Å². The average molecular weight is 264 g/mol. The molecular formula is C8H10ClN3O3S. The zero-order valence-corrected chi connectivity index (χ0v) is 9.66. The number of benzene rings is 1. The quantitative estimate of drug-likeness (QED) is 0.412. The fourth-order valence-corrected chi connectivity index (χ4v) is 1.55. The van der Waals surface area contributed by atoms with Crippen molar-refractivity contribution in [2.45, 2.75) is 4.90 Å². The fourth-order valence-electron chi connectivity index (χ4n) is 0.959. The van der Waals surface area contributed by atoms with Crippen molar-refractivity contribution in [2.75, 3.05) is 5.88 Å². The lowest BCUT2D eigenvalue weighted by atomic mass is 10.3. The molecule has 88 valence electrons. The van der Waals surface area contributed by atoms with E-state index in [0.717, 1.165) is 6.07 Å². The van der Waals surface area contributed by atoms with Crippen molar-refractivity contribution < 1.29 is 13.5 Å². The summed E-state index contributed by atoms with van der Waals surface area (Å²) in [5, 5.41) is 14.4.